The molecule has 1 saturated heterocycles. The van der Waals surface area contributed by atoms with Crippen LogP contribution in [0.2, 0.25) is 0 Å². The number of carbonyl (C=O) groups excluding carboxylic acids is 1. The summed E-state index contributed by atoms with van der Waals surface area (Å²) in [6.07, 6.45) is 0.560. The van der Waals surface area contributed by atoms with Gasteiger partial charge in [0.15, 0.2) is 0 Å². The molecule has 3 N–H and O–H groups in total. The van der Waals surface area contributed by atoms with Crippen LogP contribution >= 0.6 is 0 Å². The third-order valence-corrected chi connectivity index (χ3v) is 11.0. The van der Waals surface area contributed by atoms with E-state index in [9.17, 15) is 19.8 Å². The van der Waals surface area contributed by atoms with Gasteiger partial charge in [0.2, 0.25) is 5.91 Å². The van der Waals surface area contributed by atoms with E-state index in [2.05, 4.69) is 36.1 Å². The van der Waals surface area contributed by atoms with Crippen LogP contribution in [0.1, 0.15) is 62.0 Å². The van der Waals surface area contributed by atoms with Gasteiger partial charge in [-0.05, 0) is 95.8 Å². The summed E-state index contributed by atoms with van der Waals surface area (Å²) in [6, 6.07) is 10.3. The lowest BCUT2D eigenvalue weighted by Gasteiger charge is -2.62. The number of amides is 1. The predicted molar refractivity (Wildman–Crippen MR) is 172 cm³/mol. The molecular formula is C34H46N6O5. The van der Waals surface area contributed by atoms with Crippen molar-refractivity contribution in [2.45, 2.75) is 78.3 Å². The number of azide groups is 1. The van der Waals surface area contributed by atoms with E-state index in [0.717, 1.165) is 34.4 Å². The Morgan fingerprint density at radius 3 is 2.58 bits per heavy atom. The van der Waals surface area contributed by atoms with Crippen molar-refractivity contribution in [2.24, 2.45) is 34.2 Å². The normalized spacial score (nSPS) is 29.3. The van der Waals surface area contributed by atoms with Crippen LogP contribution in [-0.4, -0.2) is 72.1 Å². The Morgan fingerprint density at radius 1 is 1.24 bits per heavy atom. The van der Waals surface area contributed by atoms with E-state index in [1.807, 2.05) is 50.2 Å². The van der Waals surface area contributed by atoms with Gasteiger partial charge in [-0.3, -0.25) is 9.63 Å². The van der Waals surface area contributed by atoms with Gasteiger partial charge < -0.3 is 20.4 Å². The topological polar surface area (TPSA) is 151 Å². The van der Waals surface area contributed by atoms with Gasteiger partial charge in [0.1, 0.15) is 6.04 Å². The number of aromatic carboxylic acids is 1. The molecule has 1 amide bonds. The third-order valence-electron chi connectivity index (χ3n) is 11.0. The molecule has 45 heavy (non-hydrogen) atoms. The van der Waals surface area contributed by atoms with E-state index in [1.165, 1.54) is 6.42 Å². The van der Waals surface area contributed by atoms with E-state index in [1.54, 1.807) is 24.1 Å². The highest BCUT2D eigenvalue weighted by atomic mass is 16.7. The predicted octanol–water partition coefficient (Wildman–Crippen LogP) is 5.40. The second-order valence-electron chi connectivity index (χ2n) is 14.0. The van der Waals surface area contributed by atoms with Crippen LogP contribution in [0.25, 0.3) is 21.6 Å². The highest BCUT2D eigenvalue weighted by Crippen LogP contribution is 2.61. The van der Waals surface area contributed by atoms with Gasteiger partial charge in [-0.25, -0.2) is 4.79 Å². The van der Waals surface area contributed by atoms with Crippen LogP contribution in [-0.2, 0) is 16.2 Å². The summed E-state index contributed by atoms with van der Waals surface area (Å²) in [5.74, 6) is -0.348. The summed E-state index contributed by atoms with van der Waals surface area (Å²) in [7, 11) is 3.74. The smallest absolute Gasteiger partial charge is 0.335 e. The maximum Gasteiger partial charge on any atom is 0.335 e. The van der Waals surface area contributed by atoms with E-state index in [0.29, 0.717) is 17.8 Å². The number of hydrogen-bond acceptors (Lipinski definition) is 7. The lowest BCUT2D eigenvalue weighted by atomic mass is 9.45. The number of nitrogens with one attached hydrogen (secondary N) is 1. The Hall–Kier alpha value is -3.63. The highest BCUT2D eigenvalue weighted by Gasteiger charge is 2.57. The van der Waals surface area contributed by atoms with Crippen LogP contribution in [0.5, 0.6) is 0 Å². The van der Waals surface area contributed by atoms with Gasteiger partial charge >= 0.3 is 5.97 Å². The van der Waals surface area contributed by atoms with Crippen molar-refractivity contribution in [3.63, 3.8) is 0 Å². The molecule has 2 aromatic carbocycles. The summed E-state index contributed by atoms with van der Waals surface area (Å²) >= 11 is 0. The lowest BCUT2D eigenvalue weighted by Crippen LogP contribution is -2.62. The summed E-state index contributed by atoms with van der Waals surface area (Å²) in [6.45, 7) is 10.7. The molecule has 6 rings (SSSR count). The fraction of sp³-hybridized carbons (Fsp3) is 0.588. The van der Waals surface area contributed by atoms with Crippen molar-refractivity contribution < 1.29 is 24.6 Å². The standard InChI is InChI=1S/C34H46N6O5/c1-18-21(9-8-10-26(18)22-11-23(33(43)44)13-25(12-22)39(6)7)17-40-31(30(20(3)41)29(45-40)16-36-38-35)32(42)37-28-15-24-14-27(19(28)2)34(24,4)5/h8-13,19-20,24,27-31,41H,14-17H2,1-7H3,(H,37,42)(H,43,44)/t19-,20-,24+,27-,28?,29-,30+,31-/m0/s1. The number of anilines is 1. The quantitative estimate of drug-likeness (QED) is 0.183. The molecule has 2 bridgehead atoms. The molecule has 0 radical (unpaired) electrons. The number of hydroxylamine groups is 2. The summed E-state index contributed by atoms with van der Waals surface area (Å²) in [5, 5.41) is 29.4. The van der Waals surface area contributed by atoms with Crippen molar-refractivity contribution >= 4 is 17.6 Å². The Kier molecular flexibility index (Phi) is 9.20. The summed E-state index contributed by atoms with van der Waals surface area (Å²) < 4.78 is 0. The van der Waals surface area contributed by atoms with Crippen molar-refractivity contribution in [3.8, 4) is 11.1 Å². The van der Waals surface area contributed by atoms with Gasteiger partial charge in [-0.1, -0.05) is 44.1 Å². The Bertz CT molecular complexity index is 1500. The molecule has 3 aliphatic carbocycles. The minimum absolute atomic E-state index is 0.0150. The molecule has 4 aliphatic rings. The molecule has 4 fully saturated rings. The van der Waals surface area contributed by atoms with E-state index in [-0.39, 0.29) is 36.0 Å². The minimum Gasteiger partial charge on any atom is -0.478 e. The molecule has 0 spiro atoms. The number of rotatable bonds is 10. The number of nitrogens with zero attached hydrogens (tertiary/aromatic N) is 5. The average Bonchev–Trinajstić information content (AvgIpc) is 3.35. The van der Waals surface area contributed by atoms with Crippen molar-refractivity contribution in [2.75, 3.05) is 25.5 Å². The number of carboxylic acids is 1. The summed E-state index contributed by atoms with van der Waals surface area (Å²) in [5.41, 5.74) is 13.7. The minimum atomic E-state index is -1.00. The number of aliphatic hydroxyl groups excluding tert-OH is 1. The van der Waals surface area contributed by atoms with Gasteiger partial charge in [0.05, 0.1) is 30.9 Å². The molecule has 242 valence electrons. The fourth-order valence-corrected chi connectivity index (χ4v) is 8.08. The molecule has 3 saturated carbocycles. The first-order valence-electron chi connectivity index (χ1n) is 15.8. The number of aliphatic hydroxyl groups is 1. The zero-order valence-electron chi connectivity index (χ0n) is 27.3. The van der Waals surface area contributed by atoms with Crippen LogP contribution < -0.4 is 10.2 Å². The molecule has 0 aromatic heterocycles. The Morgan fingerprint density at radius 2 is 1.98 bits per heavy atom. The Balaban J connectivity index is 1.46. The molecule has 11 heteroatoms. The van der Waals surface area contributed by atoms with Gasteiger partial charge in [0, 0.05) is 36.7 Å². The highest BCUT2D eigenvalue weighted by molar-refractivity contribution is 5.91. The van der Waals surface area contributed by atoms with Gasteiger partial charge in [-0.2, -0.15) is 5.06 Å². The molecule has 11 nitrogen and oxygen atoms in total. The first-order valence-corrected chi connectivity index (χ1v) is 15.8. The maximum absolute atomic E-state index is 14.1. The van der Waals surface area contributed by atoms with E-state index >= 15 is 0 Å². The zero-order chi connectivity index (χ0) is 32.8. The third kappa shape index (κ3) is 6.14. The van der Waals surface area contributed by atoms with E-state index < -0.39 is 30.1 Å². The number of fused-ring (bicyclic) bond motifs is 2. The van der Waals surface area contributed by atoms with Crippen LogP contribution in [0, 0.1) is 36.0 Å². The number of benzene rings is 2. The maximum atomic E-state index is 14.1. The molecule has 1 aliphatic heterocycles. The zero-order valence-corrected chi connectivity index (χ0v) is 27.3. The number of hydrogen-bond donors (Lipinski definition) is 3. The fourth-order valence-electron chi connectivity index (χ4n) is 8.08. The van der Waals surface area contributed by atoms with Crippen LogP contribution in [0.3, 0.4) is 0 Å². The first-order chi connectivity index (χ1) is 21.2. The Labute approximate surface area is 265 Å². The largest absolute Gasteiger partial charge is 0.478 e. The van der Waals surface area contributed by atoms with Gasteiger partial charge in [-0.15, -0.1) is 0 Å². The average molecular weight is 619 g/mol. The van der Waals surface area contributed by atoms with Crippen LogP contribution in [0.15, 0.2) is 41.5 Å². The van der Waals surface area contributed by atoms with Crippen molar-refractivity contribution in [1.29, 1.82) is 0 Å². The van der Waals surface area contributed by atoms with Crippen LogP contribution in [0.4, 0.5) is 5.69 Å². The molecule has 8 atom stereocenters. The van der Waals surface area contributed by atoms with Crippen molar-refractivity contribution in [1.82, 2.24) is 10.4 Å². The lowest BCUT2D eigenvalue weighted by molar-refractivity contribution is -0.175. The van der Waals surface area contributed by atoms with Crippen molar-refractivity contribution in [3.05, 3.63) is 63.5 Å². The molecule has 1 unspecified atom stereocenters. The summed E-state index contributed by atoms with van der Waals surface area (Å²) in [4.78, 5) is 37.2. The first kappa shape index (κ1) is 32.8. The van der Waals surface area contributed by atoms with Gasteiger partial charge in [0.25, 0.3) is 0 Å². The second kappa shape index (κ2) is 12.6. The number of carboxylic acid groups (broad SMARTS) is 1. The monoisotopic (exact) mass is 618 g/mol. The SMILES string of the molecule is Cc1c(CN2O[C@@H](CN=[N+]=[N-])[C@@H]([C@H](C)O)[C@H]2C(=O)NC2C[C@H]3C[C@@H]([C@@H]2C)C3(C)C)cccc1-c1cc(C(=O)O)cc(N(C)C)c1. The molecule has 2 aromatic rings. The molecular weight excluding hydrogens is 572 g/mol. The second-order valence-corrected chi connectivity index (χ2v) is 14.0. The van der Waals surface area contributed by atoms with E-state index in [4.69, 9.17) is 10.4 Å². The molecule has 1 heterocycles. The number of carbonyl (C=O) groups is 2.